The zero-order chi connectivity index (χ0) is 12.8. The molecule has 102 valence electrons. The number of hydrogen-bond acceptors (Lipinski definition) is 5. The van der Waals surface area contributed by atoms with Crippen LogP contribution in [0.4, 0.5) is 0 Å². The van der Waals surface area contributed by atoms with Crippen LogP contribution in [0.1, 0.15) is 37.9 Å². The molecule has 0 spiro atoms. The highest BCUT2D eigenvalue weighted by molar-refractivity contribution is 4.89. The summed E-state index contributed by atoms with van der Waals surface area (Å²) in [5.41, 5.74) is 0. The van der Waals surface area contributed by atoms with Gasteiger partial charge in [-0.05, 0) is 39.9 Å². The van der Waals surface area contributed by atoms with Gasteiger partial charge in [0.1, 0.15) is 0 Å². The molecule has 1 aromatic heterocycles. The average Bonchev–Trinajstić information content (AvgIpc) is 2.85. The number of piperidine rings is 1. The highest BCUT2D eigenvalue weighted by Gasteiger charge is 2.13. The molecular formula is C13H24N4O. The first-order valence-electron chi connectivity index (χ1n) is 6.99. The van der Waals surface area contributed by atoms with Crippen molar-refractivity contribution in [2.75, 3.05) is 26.7 Å². The van der Waals surface area contributed by atoms with Crippen LogP contribution in [0.25, 0.3) is 0 Å². The highest BCUT2D eigenvalue weighted by Crippen LogP contribution is 2.09. The minimum Gasteiger partial charge on any atom is -0.339 e. The van der Waals surface area contributed by atoms with Crippen molar-refractivity contribution < 1.29 is 4.52 Å². The summed E-state index contributed by atoms with van der Waals surface area (Å²) in [6.07, 6.45) is 5.74. The molecule has 5 nitrogen and oxygen atoms in total. The number of aromatic nitrogens is 2. The number of hydrogen-bond donors (Lipinski definition) is 1. The first-order chi connectivity index (χ1) is 8.78. The van der Waals surface area contributed by atoms with Crippen LogP contribution in [0, 0.1) is 0 Å². The number of rotatable bonds is 6. The summed E-state index contributed by atoms with van der Waals surface area (Å²) in [6, 6.07) is 0.375. The van der Waals surface area contributed by atoms with E-state index in [2.05, 4.69) is 27.3 Å². The molecule has 0 bridgehead atoms. The summed E-state index contributed by atoms with van der Waals surface area (Å²) < 4.78 is 5.26. The van der Waals surface area contributed by atoms with Gasteiger partial charge in [0.05, 0.1) is 0 Å². The Morgan fingerprint density at radius 2 is 2.11 bits per heavy atom. The first-order valence-corrected chi connectivity index (χ1v) is 6.99. The lowest BCUT2D eigenvalue weighted by molar-refractivity contribution is 0.229. The molecule has 1 unspecified atom stereocenters. The van der Waals surface area contributed by atoms with E-state index >= 15 is 0 Å². The zero-order valence-electron chi connectivity index (χ0n) is 11.5. The number of likely N-dealkylation sites (N-methyl/N-ethyl adjacent to an activating group) is 1. The second-order valence-electron chi connectivity index (χ2n) is 5.15. The molecule has 1 aliphatic rings. The van der Waals surface area contributed by atoms with Gasteiger partial charge in [-0.3, -0.25) is 0 Å². The van der Waals surface area contributed by atoms with E-state index in [0.717, 1.165) is 31.1 Å². The molecule has 18 heavy (non-hydrogen) atoms. The maximum Gasteiger partial charge on any atom is 0.228 e. The van der Waals surface area contributed by atoms with Crippen LogP contribution in [0.2, 0.25) is 0 Å². The monoisotopic (exact) mass is 252 g/mol. The minimum atomic E-state index is 0.375. The largest absolute Gasteiger partial charge is 0.339 e. The van der Waals surface area contributed by atoms with E-state index in [1.165, 1.54) is 32.4 Å². The molecular weight excluding hydrogens is 228 g/mol. The summed E-state index contributed by atoms with van der Waals surface area (Å²) in [6.45, 7) is 5.61. The second kappa shape index (κ2) is 6.85. The third-order valence-corrected chi connectivity index (χ3v) is 3.58. The van der Waals surface area contributed by atoms with Gasteiger partial charge in [0, 0.05) is 25.4 Å². The average molecular weight is 252 g/mol. The molecule has 0 saturated carbocycles. The van der Waals surface area contributed by atoms with Crippen LogP contribution in [0.5, 0.6) is 0 Å². The van der Waals surface area contributed by atoms with E-state index in [4.69, 9.17) is 4.52 Å². The fraction of sp³-hybridized carbons (Fsp3) is 0.846. The molecule has 1 saturated heterocycles. The van der Waals surface area contributed by atoms with Crippen molar-refractivity contribution in [3.05, 3.63) is 11.7 Å². The van der Waals surface area contributed by atoms with Gasteiger partial charge in [-0.15, -0.1) is 0 Å². The molecule has 0 amide bonds. The van der Waals surface area contributed by atoms with Crippen LogP contribution in [0.15, 0.2) is 4.52 Å². The van der Waals surface area contributed by atoms with Gasteiger partial charge in [0.15, 0.2) is 5.82 Å². The van der Waals surface area contributed by atoms with Crippen LogP contribution < -0.4 is 5.32 Å². The van der Waals surface area contributed by atoms with Gasteiger partial charge in [0.2, 0.25) is 5.89 Å². The van der Waals surface area contributed by atoms with Crippen LogP contribution in [-0.2, 0) is 12.8 Å². The molecule has 2 rings (SSSR count). The lowest BCUT2D eigenvalue weighted by atomic mass is 10.1. The predicted molar refractivity (Wildman–Crippen MR) is 70.5 cm³/mol. The van der Waals surface area contributed by atoms with Crippen molar-refractivity contribution in [1.82, 2.24) is 20.4 Å². The van der Waals surface area contributed by atoms with Crippen molar-refractivity contribution in [3.8, 4) is 0 Å². The smallest absolute Gasteiger partial charge is 0.228 e. The normalized spacial score (nSPS) is 19.0. The Labute approximate surface area is 109 Å². The van der Waals surface area contributed by atoms with Crippen molar-refractivity contribution in [3.63, 3.8) is 0 Å². The number of likely N-dealkylation sites (tertiary alicyclic amines) is 1. The molecule has 0 aliphatic carbocycles. The fourth-order valence-corrected chi connectivity index (χ4v) is 2.28. The lowest BCUT2D eigenvalue weighted by Crippen LogP contribution is -2.31. The molecule has 5 heteroatoms. The van der Waals surface area contributed by atoms with E-state index in [-0.39, 0.29) is 0 Å². The molecule has 0 aromatic carbocycles. The Balaban J connectivity index is 1.75. The first kappa shape index (κ1) is 13.5. The van der Waals surface area contributed by atoms with Crippen molar-refractivity contribution in [2.45, 2.75) is 45.1 Å². The molecule has 0 radical (unpaired) electrons. The standard InChI is InChI=1S/C13H24N4O/c1-11(14-2)10-13-15-12(16-18-13)6-9-17-7-4-3-5-8-17/h11,14H,3-10H2,1-2H3. The van der Waals surface area contributed by atoms with E-state index in [1.54, 1.807) is 0 Å². The van der Waals surface area contributed by atoms with Gasteiger partial charge in [-0.25, -0.2) is 0 Å². The quantitative estimate of drug-likeness (QED) is 0.825. The molecule has 1 fully saturated rings. The lowest BCUT2D eigenvalue weighted by Gasteiger charge is -2.25. The highest BCUT2D eigenvalue weighted by atomic mass is 16.5. The number of nitrogens with zero attached hydrogens (tertiary/aromatic N) is 3. The van der Waals surface area contributed by atoms with Crippen molar-refractivity contribution >= 4 is 0 Å². The van der Waals surface area contributed by atoms with E-state index in [1.807, 2.05) is 7.05 Å². The van der Waals surface area contributed by atoms with Crippen molar-refractivity contribution in [1.29, 1.82) is 0 Å². The van der Waals surface area contributed by atoms with Gasteiger partial charge in [-0.1, -0.05) is 11.6 Å². The van der Waals surface area contributed by atoms with E-state index in [0.29, 0.717) is 6.04 Å². The Morgan fingerprint density at radius 1 is 1.33 bits per heavy atom. The van der Waals surface area contributed by atoms with Gasteiger partial charge in [0.25, 0.3) is 0 Å². The maximum atomic E-state index is 5.26. The van der Waals surface area contributed by atoms with Crippen LogP contribution >= 0.6 is 0 Å². The van der Waals surface area contributed by atoms with Crippen LogP contribution in [-0.4, -0.2) is 47.8 Å². The third-order valence-electron chi connectivity index (χ3n) is 3.58. The predicted octanol–water partition coefficient (Wildman–Crippen LogP) is 1.25. The van der Waals surface area contributed by atoms with Crippen LogP contribution in [0.3, 0.4) is 0 Å². The molecule has 2 heterocycles. The summed E-state index contributed by atoms with van der Waals surface area (Å²) in [4.78, 5) is 6.93. The van der Waals surface area contributed by atoms with E-state index in [9.17, 15) is 0 Å². The number of nitrogens with one attached hydrogen (secondary N) is 1. The Morgan fingerprint density at radius 3 is 2.83 bits per heavy atom. The zero-order valence-corrected chi connectivity index (χ0v) is 11.5. The summed E-state index contributed by atoms with van der Waals surface area (Å²) in [5.74, 6) is 1.59. The van der Waals surface area contributed by atoms with Gasteiger partial charge in [-0.2, -0.15) is 4.98 Å². The van der Waals surface area contributed by atoms with Gasteiger partial charge < -0.3 is 14.7 Å². The third kappa shape index (κ3) is 4.07. The Hall–Kier alpha value is -0.940. The summed E-state index contributed by atoms with van der Waals surface area (Å²) in [5, 5.41) is 7.22. The Kier molecular flexibility index (Phi) is 5.13. The minimum absolute atomic E-state index is 0.375. The summed E-state index contributed by atoms with van der Waals surface area (Å²) in [7, 11) is 1.94. The SMILES string of the molecule is CNC(C)Cc1nc(CCN2CCCCC2)no1. The van der Waals surface area contributed by atoms with E-state index < -0.39 is 0 Å². The molecule has 1 atom stereocenters. The molecule has 1 aromatic rings. The Bertz CT molecular complexity index is 347. The summed E-state index contributed by atoms with van der Waals surface area (Å²) >= 11 is 0. The van der Waals surface area contributed by atoms with Gasteiger partial charge >= 0.3 is 0 Å². The van der Waals surface area contributed by atoms with Crippen molar-refractivity contribution in [2.24, 2.45) is 0 Å². The fourth-order valence-electron chi connectivity index (χ4n) is 2.28. The molecule has 1 aliphatic heterocycles. The molecule has 1 N–H and O–H groups in total. The topological polar surface area (TPSA) is 54.2 Å². The second-order valence-corrected chi connectivity index (χ2v) is 5.15. The maximum absolute atomic E-state index is 5.26.